The Labute approximate surface area is 98.0 Å². The lowest BCUT2D eigenvalue weighted by Crippen LogP contribution is -2.25. The number of nitrogens with one attached hydrogen (secondary N) is 2. The summed E-state index contributed by atoms with van der Waals surface area (Å²) < 4.78 is 0. The van der Waals surface area contributed by atoms with Crippen molar-refractivity contribution in [2.45, 2.75) is 6.42 Å². The van der Waals surface area contributed by atoms with Gasteiger partial charge < -0.3 is 16.4 Å². The molecule has 88 valence electrons. The normalized spacial score (nSPS) is 10.1. The molecule has 0 fully saturated rings. The number of carbonyl (C=O) groups excluding carboxylic acids is 2. The largest absolute Gasteiger partial charge is 0.366 e. The van der Waals surface area contributed by atoms with Crippen LogP contribution < -0.4 is 16.4 Å². The minimum Gasteiger partial charge on any atom is -0.366 e. The van der Waals surface area contributed by atoms with E-state index in [-0.39, 0.29) is 5.91 Å². The highest BCUT2D eigenvalue weighted by Gasteiger charge is 2.10. The van der Waals surface area contributed by atoms with Gasteiger partial charge in [0.05, 0.1) is 10.4 Å². The van der Waals surface area contributed by atoms with Gasteiger partial charge in [0.1, 0.15) is 0 Å². The number of primary amides is 1. The van der Waals surface area contributed by atoms with Gasteiger partial charge in [-0.2, -0.15) is 0 Å². The summed E-state index contributed by atoms with van der Waals surface area (Å²) in [6, 6.07) is 1.51. The van der Waals surface area contributed by atoms with Crippen molar-refractivity contribution in [3.63, 3.8) is 0 Å². The third-order valence-electron chi connectivity index (χ3n) is 2.00. The number of carbonyl (C=O) groups is 2. The summed E-state index contributed by atoms with van der Waals surface area (Å²) >= 11 is 1.22. The van der Waals surface area contributed by atoms with E-state index in [1.165, 1.54) is 17.4 Å². The summed E-state index contributed by atoms with van der Waals surface area (Å²) in [7, 11) is 1.86. The van der Waals surface area contributed by atoms with Crippen LogP contribution in [0.1, 0.15) is 26.5 Å². The van der Waals surface area contributed by atoms with Crippen molar-refractivity contribution < 1.29 is 9.59 Å². The van der Waals surface area contributed by atoms with Crippen molar-refractivity contribution in [1.82, 2.24) is 10.6 Å². The summed E-state index contributed by atoms with van der Waals surface area (Å²) in [6.45, 7) is 1.47. The first-order chi connectivity index (χ1) is 7.65. The Morgan fingerprint density at radius 2 is 2.19 bits per heavy atom. The fourth-order valence-corrected chi connectivity index (χ4v) is 1.95. The second-order valence-electron chi connectivity index (χ2n) is 3.28. The molecule has 1 rings (SSSR count). The molecule has 0 bridgehead atoms. The van der Waals surface area contributed by atoms with Crippen LogP contribution in [0.4, 0.5) is 0 Å². The molecule has 1 aromatic heterocycles. The van der Waals surface area contributed by atoms with Gasteiger partial charge in [0.25, 0.3) is 5.91 Å². The quantitative estimate of drug-likeness (QED) is 0.621. The topological polar surface area (TPSA) is 84.2 Å². The lowest BCUT2D eigenvalue weighted by molar-refractivity contribution is 0.0957. The van der Waals surface area contributed by atoms with E-state index in [0.29, 0.717) is 17.0 Å². The zero-order chi connectivity index (χ0) is 12.0. The van der Waals surface area contributed by atoms with Gasteiger partial charge in [-0.1, -0.05) is 0 Å². The lowest BCUT2D eigenvalue weighted by atomic mass is 10.3. The molecule has 0 saturated heterocycles. The summed E-state index contributed by atoms with van der Waals surface area (Å²) in [5, 5.41) is 7.34. The molecule has 4 N–H and O–H groups in total. The van der Waals surface area contributed by atoms with Crippen molar-refractivity contribution in [1.29, 1.82) is 0 Å². The third-order valence-corrected chi connectivity index (χ3v) is 2.93. The Balaban J connectivity index is 2.43. The van der Waals surface area contributed by atoms with Crippen LogP contribution in [0.15, 0.2) is 11.4 Å². The number of thiophene rings is 1. The van der Waals surface area contributed by atoms with Gasteiger partial charge in [-0.25, -0.2) is 0 Å². The Morgan fingerprint density at radius 3 is 2.75 bits per heavy atom. The minimum atomic E-state index is -0.509. The van der Waals surface area contributed by atoms with Crippen molar-refractivity contribution >= 4 is 23.2 Å². The summed E-state index contributed by atoms with van der Waals surface area (Å²) in [5.41, 5.74) is 5.47. The van der Waals surface area contributed by atoms with Crippen LogP contribution in [0.25, 0.3) is 0 Å². The van der Waals surface area contributed by atoms with Crippen LogP contribution in [0.2, 0.25) is 0 Å². The molecular weight excluding hydrogens is 226 g/mol. The molecule has 1 heterocycles. The molecule has 16 heavy (non-hydrogen) atoms. The van der Waals surface area contributed by atoms with Gasteiger partial charge >= 0.3 is 0 Å². The van der Waals surface area contributed by atoms with Gasteiger partial charge in [-0.15, -0.1) is 11.3 Å². The Kier molecular flexibility index (Phi) is 4.94. The van der Waals surface area contributed by atoms with Gasteiger partial charge in [-0.3, -0.25) is 9.59 Å². The molecule has 5 nitrogen and oxygen atoms in total. The van der Waals surface area contributed by atoms with Crippen LogP contribution in [0.3, 0.4) is 0 Å². The molecule has 0 spiro atoms. The summed E-state index contributed by atoms with van der Waals surface area (Å²) in [5.74, 6) is -0.668. The van der Waals surface area contributed by atoms with Gasteiger partial charge in [0.15, 0.2) is 0 Å². The Hall–Kier alpha value is -1.40. The average molecular weight is 241 g/mol. The highest BCUT2D eigenvalue weighted by molar-refractivity contribution is 7.12. The van der Waals surface area contributed by atoms with Crippen LogP contribution in [-0.2, 0) is 0 Å². The van der Waals surface area contributed by atoms with Crippen LogP contribution in [-0.4, -0.2) is 32.0 Å². The fraction of sp³-hybridized carbons (Fsp3) is 0.400. The van der Waals surface area contributed by atoms with Crippen LogP contribution in [0, 0.1) is 0 Å². The molecule has 0 aliphatic heterocycles. The fourth-order valence-electron chi connectivity index (χ4n) is 1.14. The maximum Gasteiger partial charge on any atom is 0.261 e. The number of amides is 2. The molecular formula is C10H15N3O2S. The predicted molar refractivity (Wildman–Crippen MR) is 63.7 cm³/mol. The van der Waals surface area contributed by atoms with Crippen molar-refractivity contribution in [3.8, 4) is 0 Å². The van der Waals surface area contributed by atoms with Crippen molar-refractivity contribution in [2.75, 3.05) is 20.1 Å². The van der Waals surface area contributed by atoms with Crippen LogP contribution in [0.5, 0.6) is 0 Å². The van der Waals surface area contributed by atoms with E-state index in [9.17, 15) is 9.59 Å². The van der Waals surface area contributed by atoms with E-state index >= 15 is 0 Å². The molecule has 2 amide bonds. The molecule has 0 aromatic carbocycles. The van der Waals surface area contributed by atoms with Crippen molar-refractivity contribution in [3.05, 3.63) is 21.9 Å². The predicted octanol–water partition coefficient (Wildman–Crippen LogP) is 0.186. The van der Waals surface area contributed by atoms with Gasteiger partial charge in [-0.05, 0) is 26.1 Å². The Bertz CT molecular complexity index is 376. The molecule has 1 aromatic rings. The smallest absolute Gasteiger partial charge is 0.261 e. The first kappa shape index (κ1) is 12.7. The van der Waals surface area contributed by atoms with E-state index in [0.717, 1.165) is 13.0 Å². The second kappa shape index (κ2) is 6.24. The maximum absolute atomic E-state index is 11.6. The summed E-state index contributed by atoms with van der Waals surface area (Å²) in [6.07, 6.45) is 0.871. The first-order valence-corrected chi connectivity index (χ1v) is 5.84. The SMILES string of the molecule is CNCCCNC(=O)c1cc(C(N)=O)cs1. The number of hydrogen-bond donors (Lipinski definition) is 3. The van der Waals surface area contributed by atoms with Gasteiger partial charge in [0.2, 0.25) is 5.91 Å². The zero-order valence-electron chi connectivity index (χ0n) is 9.08. The zero-order valence-corrected chi connectivity index (χ0v) is 9.89. The lowest BCUT2D eigenvalue weighted by Gasteiger charge is -2.02. The van der Waals surface area contributed by atoms with Gasteiger partial charge in [0, 0.05) is 11.9 Å². The third kappa shape index (κ3) is 3.63. The van der Waals surface area contributed by atoms with E-state index in [4.69, 9.17) is 5.73 Å². The van der Waals surface area contributed by atoms with E-state index < -0.39 is 5.91 Å². The Morgan fingerprint density at radius 1 is 1.44 bits per heavy atom. The highest BCUT2D eigenvalue weighted by atomic mass is 32.1. The summed E-state index contributed by atoms with van der Waals surface area (Å²) in [4.78, 5) is 22.9. The number of hydrogen-bond acceptors (Lipinski definition) is 4. The second-order valence-corrected chi connectivity index (χ2v) is 4.19. The standard InChI is InChI=1S/C10H15N3O2S/c1-12-3-2-4-13-10(15)8-5-7(6-16-8)9(11)14/h5-6,12H,2-4H2,1H3,(H2,11,14)(H,13,15). The monoisotopic (exact) mass is 241 g/mol. The van der Waals surface area contributed by atoms with E-state index in [2.05, 4.69) is 10.6 Å². The molecule has 0 atom stereocenters. The average Bonchev–Trinajstić information content (AvgIpc) is 2.73. The number of nitrogens with two attached hydrogens (primary N) is 1. The van der Waals surface area contributed by atoms with Crippen molar-refractivity contribution in [2.24, 2.45) is 5.73 Å². The van der Waals surface area contributed by atoms with E-state index in [1.54, 1.807) is 5.38 Å². The maximum atomic E-state index is 11.6. The van der Waals surface area contributed by atoms with E-state index in [1.807, 2.05) is 7.05 Å². The highest BCUT2D eigenvalue weighted by Crippen LogP contribution is 2.13. The first-order valence-electron chi connectivity index (χ1n) is 4.96. The minimum absolute atomic E-state index is 0.159. The molecule has 0 unspecified atom stereocenters. The van der Waals surface area contributed by atoms with Crippen LogP contribution >= 0.6 is 11.3 Å². The molecule has 0 saturated carbocycles. The molecule has 0 aliphatic rings. The molecule has 6 heteroatoms. The molecule has 0 radical (unpaired) electrons. The number of rotatable bonds is 6. The molecule has 0 aliphatic carbocycles.